The SMILES string of the molecule is CCOC(=O)c1c(NC(=O)c2ccccc2F)oc(C)c1C(C)=O. The molecule has 0 radical (unpaired) electrons. The molecule has 6 nitrogen and oxygen atoms in total. The summed E-state index contributed by atoms with van der Waals surface area (Å²) in [6.07, 6.45) is 0. The van der Waals surface area contributed by atoms with Gasteiger partial charge in [-0.05, 0) is 32.9 Å². The van der Waals surface area contributed by atoms with Crippen LogP contribution >= 0.6 is 0 Å². The fraction of sp³-hybridized carbons (Fsp3) is 0.235. The molecule has 2 rings (SSSR count). The van der Waals surface area contributed by atoms with Crippen molar-refractivity contribution in [3.8, 4) is 0 Å². The molecule has 0 fully saturated rings. The maximum Gasteiger partial charge on any atom is 0.344 e. The first-order chi connectivity index (χ1) is 11.4. The van der Waals surface area contributed by atoms with E-state index in [1.807, 2.05) is 0 Å². The van der Waals surface area contributed by atoms with E-state index in [4.69, 9.17) is 9.15 Å². The summed E-state index contributed by atoms with van der Waals surface area (Å²) in [6.45, 7) is 4.44. The lowest BCUT2D eigenvalue weighted by molar-refractivity contribution is 0.0524. The summed E-state index contributed by atoms with van der Waals surface area (Å²) >= 11 is 0. The summed E-state index contributed by atoms with van der Waals surface area (Å²) in [4.78, 5) is 36.1. The molecule has 0 unspecified atom stereocenters. The Hall–Kier alpha value is -2.96. The second kappa shape index (κ2) is 7.08. The number of hydrogen-bond acceptors (Lipinski definition) is 5. The number of carbonyl (C=O) groups excluding carboxylic acids is 3. The van der Waals surface area contributed by atoms with Crippen LogP contribution in [0.25, 0.3) is 0 Å². The fourth-order valence-electron chi connectivity index (χ4n) is 2.27. The highest BCUT2D eigenvalue weighted by Gasteiger charge is 2.29. The highest BCUT2D eigenvalue weighted by atomic mass is 19.1. The first kappa shape index (κ1) is 17.4. The molecule has 7 heteroatoms. The predicted molar refractivity (Wildman–Crippen MR) is 83.8 cm³/mol. The third-order valence-corrected chi connectivity index (χ3v) is 3.26. The Bertz CT molecular complexity index is 809. The monoisotopic (exact) mass is 333 g/mol. The van der Waals surface area contributed by atoms with Gasteiger partial charge in [0.2, 0.25) is 5.88 Å². The van der Waals surface area contributed by atoms with Crippen LogP contribution in [0.1, 0.15) is 50.7 Å². The molecule has 1 aromatic carbocycles. The average molecular weight is 333 g/mol. The molecule has 126 valence electrons. The van der Waals surface area contributed by atoms with E-state index in [1.54, 1.807) is 6.92 Å². The minimum absolute atomic E-state index is 0.0253. The van der Waals surface area contributed by atoms with Crippen molar-refractivity contribution < 1.29 is 27.9 Å². The number of esters is 1. The molecule has 1 N–H and O–H groups in total. The topological polar surface area (TPSA) is 85.6 Å². The van der Waals surface area contributed by atoms with Gasteiger partial charge in [-0.3, -0.25) is 14.9 Å². The van der Waals surface area contributed by atoms with Gasteiger partial charge in [0.15, 0.2) is 5.78 Å². The number of furan rings is 1. The molecule has 0 atom stereocenters. The zero-order valence-electron chi connectivity index (χ0n) is 13.4. The van der Waals surface area contributed by atoms with Gasteiger partial charge in [0.05, 0.1) is 17.7 Å². The Labute approximate surface area is 137 Å². The van der Waals surface area contributed by atoms with Crippen molar-refractivity contribution in [3.63, 3.8) is 0 Å². The lowest BCUT2D eigenvalue weighted by Gasteiger charge is -2.06. The first-order valence-corrected chi connectivity index (χ1v) is 7.24. The van der Waals surface area contributed by atoms with Gasteiger partial charge >= 0.3 is 5.97 Å². The Kier molecular flexibility index (Phi) is 5.13. The quantitative estimate of drug-likeness (QED) is 0.670. The number of Topliss-reactive ketones (excluding diaryl/α,β-unsaturated/α-hetero) is 1. The summed E-state index contributed by atoms with van der Waals surface area (Å²) < 4.78 is 23.9. The van der Waals surface area contributed by atoms with Gasteiger partial charge in [0.1, 0.15) is 17.1 Å². The summed E-state index contributed by atoms with van der Waals surface area (Å²) in [7, 11) is 0. The molecule has 0 saturated carbocycles. The van der Waals surface area contributed by atoms with Crippen molar-refractivity contribution in [2.75, 3.05) is 11.9 Å². The molecule has 0 aliphatic heterocycles. The van der Waals surface area contributed by atoms with Crippen LogP contribution in [0.4, 0.5) is 10.3 Å². The van der Waals surface area contributed by atoms with E-state index in [9.17, 15) is 18.8 Å². The summed E-state index contributed by atoms with van der Waals surface area (Å²) in [6, 6.07) is 5.37. The van der Waals surface area contributed by atoms with E-state index in [-0.39, 0.29) is 34.9 Å². The first-order valence-electron chi connectivity index (χ1n) is 7.24. The van der Waals surface area contributed by atoms with Gasteiger partial charge in [-0.1, -0.05) is 12.1 Å². The van der Waals surface area contributed by atoms with Crippen LogP contribution in [0.15, 0.2) is 28.7 Å². The van der Waals surface area contributed by atoms with Crippen LogP contribution < -0.4 is 5.32 Å². The average Bonchev–Trinajstić information content (AvgIpc) is 2.84. The number of ketones is 1. The van der Waals surface area contributed by atoms with E-state index >= 15 is 0 Å². The molecule has 24 heavy (non-hydrogen) atoms. The Balaban J connectivity index is 2.45. The minimum Gasteiger partial charge on any atom is -0.462 e. The van der Waals surface area contributed by atoms with Crippen LogP contribution in [0.5, 0.6) is 0 Å². The summed E-state index contributed by atoms with van der Waals surface area (Å²) in [5, 5.41) is 2.32. The highest BCUT2D eigenvalue weighted by molar-refractivity contribution is 6.12. The van der Waals surface area contributed by atoms with Gasteiger partial charge in [-0.15, -0.1) is 0 Å². The van der Waals surface area contributed by atoms with Crippen LogP contribution in [-0.4, -0.2) is 24.3 Å². The van der Waals surface area contributed by atoms with Gasteiger partial charge in [0.25, 0.3) is 5.91 Å². The smallest absolute Gasteiger partial charge is 0.344 e. The molecule has 1 aromatic heterocycles. The molecule has 0 aliphatic rings. The molecular formula is C17H16FNO5. The molecule has 0 spiro atoms. The number of carbonyl (C=O) groups is 3. The number of aryl methyl sites for hydroxylation is 1. The lowest BCUT2D eigenvalue weighted by Crippen LogP contribution is -2.17. The van der Waals surface area contributed by atoms with E-state index in [0.717, 1.165) is 6.07 Å². The summed E-state index contributed by atoms with van der Waals surface area (Å²) in [5.74, 6) is -2.82. The fourth-order valence-corrected chi connectivity index (χ4v) is 2.27. The molecule has 1 amide bonds. The third-order valence-electron chi connectivity index (χ3n) is 3.26. The predicted octanol–water partition coefficient (Wildman–Crippen LogP) is 3.36. The normalized spacial score (nSPS) is 10.3. The van der Waals surface area contributed by atoms with Crippen molar-refractivity contribution in [1.82, 2.24) is 0 Å². The number of amides is 1. The molecule has 0 saturated heterocycles. The van der Waals surface area contributed by atoms with Gasteiger partial charge < -0.3 is 9.15 Å². The van der Waals surface area contributed by atoms with Crippen LogP contribution in [0, 0.1) is 12.7 Å². The van der Waals surface area contributed by atoms with E-state index in [1.165, 1.54) is 32.0 Å². The third kappa shape index (κ3) is 3.34. The Morgan fingerprint density at radius 1 is 1.21 bits per heavy atom. The highest BCUT2D eigenvalue weighted by Crippen LogP contribution is 2.29. The number of nitrogens with one attached hydrogen (secondary N) is 1. The van der Waals surface area contributed by atoms with Crippen molar-refractivity contribution in [2.45, 2.75) is 20.8 Å². The molecule has 0 aliphatic carbocycles. The summed E-state index contributed by atoms with van der Waals surface area (Å²) in [5.41, 5.74) is -0.366. The largest absolute Gasteiger partial charge is 0.462 e. The van der Waals surface area contributed by atoms with E-state index in [2.05, 4.69) is 5.32 Å². The Morgan fingerprint density at radius 2 is 1.88 bits per heavy atom. The van der Waals surface area contributed by atoms with Crippen LogP contribution in [-0.2, 0) is 4.74 Å². The number of anilines is 1. The van der Waals surface area contributed by atoms with Crippen LogP contribution in [0.3, 0.4) is 0 Å². The maximum absolute atomic E-state index is 13.7. The molecule has 2 aromatic rings. The number of benzene rings is 1. The number of hydrogen-bond donors (Lipinski definition) is 1. The van der Waals surface area contributed by atoms with Crippen molar-refractivity contribution in [3.05, 3.63) is 52.5 Å². The second-order valence-corrected chi connectivity index (χ2v) is 4.95. The standard InChI is InChI=1S/C17H16FNO5/c1-4-23-17(22)14-13(9(2)20)10(3)24-16(14)19-15(21)11-7-5-6-8-12(11)18/h5-8H,4H2,1-3H3,(H,19,21). The molecule has 0 bridgehead atoms. The number of rotatable bonds is 5. The number of ether oxygens (including phenoxy) is 1. The van der Waals surface area contributed by atoms with Gasteiger partial charge in [-0.25, -0.2) is 9.18 Å². The van der Waals surface area contributed by atoms with Crippen molar-refractivity contribution >= 4 is 23.5 Å². The minimum atomic E-state index is -0.803. The maximum atomic E-state index is 13.7. The van der Waals surface area contributed by atoms with Crippen LogP contribution in [0.2, 0.25) is 0 Å². The molecular weight excluding hydrogens is 317 g/mol. The Morgan fingerprint density at radius 3 is 2.46 bits per heavy atom. The van der Waals surface area contributed by atoms with E-state index in [0.29, 0.717) is 0 Å². The number of halogens is 1. The second-order valence-electron chi connectivity index (χ2n) is 4.95. The zero-order chi connectivity index (χ0) is 17.9. The molecule has 1 heterocycles. The van der Waals surface area contributed by atoms with Crippen molar-refractivity contribution in [1.29, 1.82) is 0 Å². The van der Waals surface area contributed by atoms with Gasteiger partial charge in [-0.2, -0.15) is 0 Å². The van der Waals surface area contributed by atoms with Crippen molar-refractivity contribution in [2.24, 2.45) is 0 Å². The van der Waals surface area contributed by atoms with E-state index < -0.39 is 23.5 Å². The van der Waals surface area contributed by atoms with Gasteiger partial charge in [0, 0.05) is 0 Å². The lowest BCUT2D eigenvalue weighted by atomic mass is 10.1. The zero-order valence-corrected chi connectivity index (χ0v) is 13.4.